The van der Waals surface area contributed by atoms with Gasteiger partial charge in [0.05, 0.1) is 6.61 Å². The maximum absolute atomic E-state index is 12.4. The zero-order valence-electron chi connectivity index (χ0n) is 12.9. The SMILES string of the molecule is COCCNC(=O)Nc1cccc(C(=O)N2CCCCC2)c1. The number of piperidine rings is 1. The minimum absolute atomic E-state index is 0.0307. The standard InChI is InChI=1S/C16H23N3O3/c1-22-11-8-17-16(21)18-14-7-5-6-13(12-14)15(20)19-9-3-2-4-10-19/h5-7,12H,2-4,8-11H2,1H3,(H2,17,18,21). The third kappa shape index (κ3) is 4.73. The van der Waals surface area contributed by atoms with Crippen molar-refractivity contribution in [3.8, 4) is 0 Å². The highest BCUT2D eigenvalue weighted by Crippen LogP contribution is 2.16. The van der Waals surface area contributed by atoms with E-state index < -0.39 is 0 Å². The van der Waals surface area contributed by atoms with Crippen LogP contribution >= 0.6 is 0 Å². The van der Waals surface area contributed by atoms with Crippen LogP contribution in [0.4, 0.5) is 10.5 Å². The van der Waals surface area contributed by atoms with Crippen molar-refractivity contribution in [2.75, 3.05) is 38.7 Å². The Bertz CT molecular complexity index is 513. The number of nitrogens with one attached hydrogen (secondary N) is 2. The minimum atomic E-state index is -0.306. The Labute approximate surface area is 130 Å². The van der Waals surface area contributed by atoms with Crippen molar-refractivity contribution in [3.63, 3.8) is 0 Å². The molecule has 0 saturated carbocycles. The van der Waals surface area contributed by atoms with E-state index >= 15 is 0 Å². The number of hydrogen-bond donors (Lipinski definition) is 2. The predicted molar refractivity (Wildman–Crippen MR) is 85.1 cm³/mol. The lowest BCUT2D eigenvalue weighted by molar-refractivity contribution is 0.0724. The summed E-state index contributed by atoms with van der Waals surface area (Å²) in [6, 6.07) is 6.74. The van der Waals surface area contributed by atoms with Gasteiger partial charge in [0.2, 0.25) is 0 Å². The lowest BCUT2D eigenvalue weighted by atomic mass is 10.1. The summed E-state index contributed by atoms with van der Waals surface area (Å²) in [5.41, 5.74) is 1.22. The molecule has 0 aliphatic carbocycles. The van der Waals surface area contributed by atoms with Gasteiger partial charge in [-0.25, -0.2) is 4.79 Å². The first kappa shape index (κ1) is 16.3. The summed E-state index contributed by atoms with van der Waals surface area (Å²) in [7, 11) is 1.58. The lowest BCUT2D eigenvalue weighted by Gasteiger charge is -2.26. The van der Waals surface area contributed by atoms with Crippen LogP contribution in [0.1, 0.15) is 29.6 Å². The molecule has 0 aromatic heterocycles. The van der Waals surface area contributed by atoms with Gasteiger partial charge in [-0.3, -0.25) is 4.79 Å². The topological polar surface area (TPSA) is 70.7 Å². The number of ether oxygens (including phenoxy) is 1. The molecule has 2 rings (SSSR count). The van der Waals surface area contributed by atoms with Crippen LogP contribution in [0.3, 0.4) is 0 Å². The predicted octanol–water partition coefficient (Wildman–Crippen LogP) is 2.08. The third-order valence-electron chi connectivity index (χ3n) is 3.60. The van der Waals surface area contributed by atoms with E-state index in [-0.39, 0.29) is 11.9 Å². The minimum Gasteiger partial charge on any atom is -0.383 e. The molecule has 6 heteroatoms. The normalized spacial score (nSPS) is 14.5. The molecule has 1 fully saturated rings. The first-order chi connectivity index (χ1) is 10.7. The van der Waals surface area contributed by atoms with Crippen LogP contribution in [-0.4, -0.2) is 50.2 Å². The van der Waals surface area contributed by atoms with E-state index in [1.165, 1.54) is 6.42 Å². The van der Waals surface area contributed by atoms with Crippen LogP contribution in [0, 0.1) is 0 Å². The van der Waals surface area contributed by atoms with Gasteiger partial charge in [-0.15, -0.1) is 0 Å². The number of carbonyl (C=O) groups is 2. The van der Waals surface area contributed by atoms with Gasteiger partial charge < -0.3 is 20.3 Å². The van der Waals surface area contributed by atoms with E-state index in [9.17, 15) is 9.59 Å². The number of benzene rings is 1. The van der Waals surface area contributed by atoms with Gasteiger partial charge >= 0.3 is 6.03 Å². The number of carbonyl (C=O) groups excluding carboxylic acids is 2. The average Bonchev–Trinajstić information content (AvgIpc) is 2.55. The highest BCUT2D eigenvalue weighted by atomic mass is 16.5. The number of rotatable bonds is 5. The quantitative estimate of drug-likeness (QED) is 0.818. The molecule has 120 valence electrons. The highest BCUT2D eigenvalue weighted by molar-refractivity contribution is 5.96. The Morgan fingerprint density at radius 1 is 1.23 bits per heavy atom. The second-order valence-electron chi connectivity index (χ2n) is 5.31. The molecule has 22 heavy (non-hydrogen) atoms. The van der Waals surface area contributed by atoms with Gasteiger partial charge in [0, 0.05) is 38.0 Å². The molecule has 1 aliphatic heterocycles. The van der Waals surface area contributed by atoms with E-state index in [4.69, 9.17) is 4.74 Å². The average molecular weight is 305 g/mol. The maximum atomic E-state index is 12.4. The van der Waals surface area contributed by atoms with Crippen LogP contribution in [0.5, 0.6) is 0 Å². The van der Waals surface area contributed by atoms with Gasteiger partial charge in [-0.2, -0.15) is 0 Å². The third-order valence-corrected chi connectivity index (χ3v) is 3.60. The highest BCUT2D eigenvalue weighted by Gasteiger charge is 2.18. The zero-order valence-corrected chi connectivity index (χ0v) is 12.9. The Morgan fingerprint density at radius 3 is 2.73 bits per heavy atom. The van der Waals surface area contributed by atoms with Crippen LogP contribution in [0.15, 0.2) is 24.3 Å². The molecule has 0 unspecified atom stereocenters. The van der Waals surface area contributed by atoms with E-state index in [1.807, 2.05) is 4.90 Å². The van der Waals surface area contributed by atoms with E-state index in [0.717, 1.165) is 25.9 Å². The molecule has 2 N–H and O–H groups in total. The number of likely N-dealkylation sites (tertiary alicyclic amines) is 1. The molecule has 1 aromatic rings. The van der Waals surface area contributed by atoms with Crippen molar-refractivity contribution in [1.82, 2.24) is 10.2 Å². The van der Waals surface area contributed by atoms with E-state index in [0.29, 0.717) is 24.4 Å². The van der Waals surface area contributed by atoms with Crippen LogP contribution in [0.25, 0.3) is 0 Å². The van der Waals surface area contributed by atoms with Crippen molar-refractivity contribution in [2.24, 2.45) is 0 Å². The molecule has 0 spiro atoms. The molecule has 0 radical (unpaired) electrons. The molecule has 0 bridgehead atoms. The first-order valence-electron chi connectivity index (χ1n) is 7.64. The number of methoxy groups -OCH3 is 1. The van der Waals surface area contributed by atoms with Crippen LogP contribution < -0.4 is 10.6 Å². The summed E-state index contributed by atoms with van der Waals surface area (Å²) in [5.74, 6) is 0.0307. The van der Waals surface area contributed by atoms with E-state index in [2.05, 4.69) is 10.6 Å². The zero-order chi connectivity index (χ0) is 15.8. The molecule has 3 amide bonds. The Morgan fingerprint density at radius 2 is 2.00 bits per heavy atom. The summed E-state index contributed by atoms with van der Waals surface area (Å²) >= 11 is 0. The van der Waals surface area contributed by atoms with Crippen LogP contribution in [-0.2, 0) is 4.74 Å². The monoisotopic (exact) mass is 305 g/mol. The number of amides is 3. The van der Waals surface area contributed by atoms with Gasteiger partial charge in [-0.1, -0.05) is 6.07 Å². The molecule has 1 saturated heterocycles. The molecule has 0 atom stereocenters. The summed E-state index contributed by atoms with van der Waals surface area (Å²) in [6.45, 7) is 2.53. The Balaban J connectivity index is 1.94. The summed E-state index contributed by atoms with van der Waals surface area (Å²) in [4.78, 5) is 26.0. The molecular weight excluding hydrogens is 282 g/mol. The smallest absolute Gasteiger partial charge is 0.319 e. The van der Waals surface area contributed by atoms with Gasteiger partial charge in [0.15, 0.2) is 0 Å². The van der Waals surface area contributed by atoms with Gasteiger partial charge in [-0.05, 0) is 37.5 Å². The second kappa shape index (κ2) is 8.38. The molecule has 1 aliphatic rings. The summed E-state index contributed by atoms with van der Waals surface area (Å²) < 4.78 is 4.87. The molecule has 6 nitrogen and oxygen atoms in total. The fourth-order valence-corrected chi connectivity index (χ4v) is 2.45. The number of nitrogens with zero attached hydrogens (tertiary/aromatic N) is 1. The van der Waals surface area contributed by atoms with Crippen molar-refractivity contribution >= 4 is 17.6 Å². The second-order valence-corrected chi connectivity index (χ2v) is 5.31. The maximum Gasteiger partial charge on any atom is 0.319 e. The van der Waals surface area contributed by atoms with Gasteiger partial charge in [0.25, 0.3) is 5.91 Å². The Hall–Kier alpha value is -2.08. The summed E-state index contributed by atoms with van der Waals surface area (Å²) in [6.07, 6.45) is 3.31. The first-order valence-corrected chi connectivity index (χ1v) is 7.64. The molecule has 1 heterocycles. The van der Waals surface area contributed by atoms with Crippen molar-refractivity contribution in [3.05, 3.63) is 29.8 Å². The van der Waals surface area contributed by atoms with Gasteiger partial charge in [0.1, 0.15) is 0 Å². The van der Waals surface area contributed by atoms with Crippen molar-refractivity contribution < 1.29 is 14.3 Å². The summed E-state index contributed by atoms with van der Waals surface area (Å²) in [5, 5.41) is 5.40. The molecule has 1 aromatic carbocycles. The van der Waals surface area contributed by atoms with Crippen molar-refractivity contribution in [2.45, 2.75) is 19.3 Å². The number of hydrogen-bond acceptors (Lipinski definition) is 3. The van der Waals surface area contributed by atoms with Crippen molar-refractivity contribution in [1.29, 1.82) is 0 Å². The lowest BCUT2D eigenvalue weighted by Crippen LogP contribution is -2.35. The number of urea groups is 1. The largest absolute Gasteiger partial charge is 0.383 e. The van der Waals surface area contributed by atoms with Crippen LogP contribution in [0.2, 0.25) is 0 Å². The Kier molecular flexibility index (Phi) is 6.21. The number of anilines is 1. The molecular formula is C16H23N3O3. The van der Waals surface area contributed by atoms with E-state index in [1.54, 1.807) is 31.4 Å². The fraction of sp³-hybridized carbons (Fsp3) is 0.500. The fourth-order valence-electron chi connectivity index (χ4n) is 2.45.